The van der Waals surface area contributed by atoms with Crippen molar-refractivity contribution in [2.75, 3.05) is 23.3 Å². The monoisotopic (exact) mass is 328 g/mol. The van der Waals surface area contributed by atoms with E-state index in [2.05, 4.69) is 39.0 Å². The number of nitrogens with zero attached hydrogens (tertiary/aromatic N) is 5. The first-order valence-corrected chi connectivity index (χ1v) is 8.40. The van der Waals surface area contributed by atoms with Crippen molar-refractivity contribution in [3.8, 4) is 0 Å². The van der Waals surface area contributed by atoms with Crippen LogP contribution in [0.3, 0.4) is 0 Å². The Kier molecular flexibility index (Phi) is 4.78. The quantitative estimate of drug-likeness (QED) is 0.922. The molecule has 0 bridgehead atoms. The van der Waals surface area contributed by atoms with Gasteiger partial charge in [0.1, 0.15) is 11.6 Å². The zero-order valence-corrected chi connectivity index (χ0v) is 14.4. The standard InChI is InChI=1S/C17H24N6O/c1-12(2)15-18-7-6-14(21-15)20-13-5-4-9-23(11-13)16-17(24)22(3)10-8-19-16/h6-8,10,12-13H,4-5,9,11H2,1-3H3,(H,18,20,21). The highest BCUT2D eigenvalue weighted by Gasteiger charge is 2.23. The van der Waals surface area contributed by atoms with Crippen LogP contribution in [0, 0.1) is 0 Å². The lowest BCUT2D eigenvalue weighted by Crippen LogP contribution is -2.45. The van der Waals surface area contributed by atoms with Gasteiger partial charge < -0.3 is 14.8 Å². The predicted octanol–water partition coefficient (Wildman–Crippen LogP) is 1.77. The fourth-order valence-electron chi connectivity index (χ4n) is 2.93. The van der Waals surface area contributed by atoms with Crippen LogP contribution in [-0.4, -0.2) is 38.7 Å². The molecule has 1 fully saturated rings. The van der Waals surface area contributed by atoms with Crippen molar-refractivity contribution in [2.45, 2.75) is 38.6 Å². The zero-order chi connectivity index (χ0) is 17.1. The number of rotatable bonds is 4. The van der Waals surface area contributed by atoms with Crippen molar-refractivity contribution in [1.82, 2.24) is 19.5 Å². The number of hydrogen-bond acceptors (Lipinski definition) is 6. The van der Waals surface area contributed by atoms with Gasteiger partial charge in [-0.05, 0) is 18.9 Å². The summed E-state index contributed by atoms with van der Waals surface area (Å²) >= 11 is 0. The van der Waals surface area contributed by atoms with Gasteiger partial charge in [0.25, 0.3) is 5.56 Å². The molecule has 1 aliphatic rings. The molecule has 7 nitrogen and oxygen atoms in total. The maximum Gasteiger partial charge on any atom is 0.293 e. The van der Waals surface area contributed by atoms with Gasteiger partial charge in [-0.2, -0.15) is 0 Å². The molecule has 1 N–H and O–H groups in total. The van der Waals surface area contributed by atoms with E-state index in [1.165, 1.54) is 0 Å². The Bertz CT molecular complexity index is 757. The lowest BCUT2D eigenvalue weighted by Gasteiger charge is -2.33. The molecule has 24 heavy (non-hydrogen) atoms. The van der Waals surface area contributed by atoms with E-state index in [0.29, 0.717) is 11.7 Å². The molecule has 0 saturated carbocycles. The van der Waals surface area contributed by atoms with Gasteiger partial charge in [-0.3, -0.25) is 4.79 Å². The second-order valence-electron chi connectivity index (χ2n) is 6.55. The Morgan fingerprint density at radius 2 is 2.12 bits per heavy atom. The van der Waals surface area contributed by atoms with E-state index in [4.69, 9.17) is 0 Å². The van der Waals surface area contributed by atoms with Crippen LogP contribution in [0.25, 0.3) is 0 Å². The minimum Gasteiger partial charge on any atom is -0.365 e. The Hall–Kier alpha value is -2.44. The van der Waals surface area contributed by atoms with Crippen LogP contribution >= 0.6 is 0 Å². The molecule has 2 aromatic rings. The van der Waals surface area contributed by atoms with Crippen LogP contribution in [0.2, 0.25) is 0 Å². The van der Waals surface area contributed by atoms with Gasteiger partial charge in [0.05, 0.1) is 0 Å². The van der Waals surface area contributed by atoms with Crippen molar-refractivity contribution in [3.63, 3.8) is 0 Å². The van der Waals surface area contributed by atoms with Crippen molar-refractivity contribution < 1.29 is 0 Å². The highest BCUT2D eigenvalue weighted by atomic mass is 16.1. The molecule has 1 aliphatic heterocycles. The Labute approximate surface area is 141 Å². The molecule has 0 spiro atoms. The van der Waals surface area contributed by atoms with Crippen molar-refractivity contribution in [3.05, 3.63) is 40.8 Å². The highest BCUT2D eigenvalue weighted by Crippen LogP contribution is 2.18. The molecule has 2 aromatic heterocycles. The SMILES string of the molecule is CC(C)c1nccc(NC2CCCN(c3nccn(C)c3=O)C2)n1. The van der Waals surface area contributed by atoms with Crippen LogP contribution < -0.4 is 15.8 Å². The molecule has 0 radical (unpaired) electrons. The minimum absolute atomic E-state index is 0.0534. The van der Waals surface area contributed by atoms with Gasteiger partial charge in [0, 0.05) is 50.7 Å². The van der Waals surface area contributed by atoms with Crippen LogP contribution in [-0.2, 0) is 7.05 Å². The van der Waals surface area contributed by atoms with Crippen LogP contribution in [0.1, 0.15) is 38.4 Å². The predicted molar refractivity (Wildman–Crippen MR) is 94.5 cm³/mol. The van der Waals surface area contributed by atoms with Crippen LogP contribution in [0.5, 0.6) is 0 Å². The molecule has 0 aromatic carbocycles. The molecule has 128 valence electrons. The molecule has 3 rings (SSSR count). The molecular formula is C17H24N6O. The zero-order valence-electron chi connectivity index (χ0n) is 14.4. The summed E-state index contributed by atoms with van der Waals surface area (Å²) in [6.07, 6.45) is 7.21. The molecule has 1 unspecified atom stereocenters. The van der Waals surface area contributed by atoms with Crippen molar-refractivity contribution >= 4 is 11.6 Å². The van der Waals surface area contributed by atoms with Gasteiger partial charge in [0.2, 0.25) is 0 Å². The smallest absolute Gasteiger partial charge is 0.293 e. The third-order valence-corrected chi connectivity index (χ3v) is 4.26. The van der Waals surface area contributed by atoms with Gasteiger partial charge in [0.15, 0.2) is 5.82 Å². The van der Waals surface area contributed by atoms with Gasteiger partial charge in [-0.15, -0.1) is 0 Å². The van der Waals surface area contributed by atoms with E-state index in [0.717, 1.165) is 37.6 Å². The fraction of sp³-hybridized carbons (Fsp3) is 0.529. The molecular weight excluding hydrogens is 304 g/mol. The van der Waals surface area contributed by atoms with E-state index < -0.39 is 0 Å². The van der Waals surface area contributed by atoms with Gasteiger partial charge in [-0.25, -0.2) is 15.0 Å². The summed E-state index contributed by atoms with van der Waals surface area (Å²) in [5, 5.41) is 3.48. The average Bonchev–Trinajstić information content (AvgIpc) is 2.58. The lowest BCUT2D eigenvalue weighted by molar-refractivity contribution is 0.522. The first kappa shape index (κ1) is 16.4. The number of nitrogens with one attached hydrogen (secondary N) is 1. The minimum atomic E-state index is -0.0534. The van der Waals surface area contributed by atoms with Gasteiger partial charge in [-0.1, -0.05) is 13.8 Å². The van der Waals surface area contributed by atoms with Crippen molar-refractivity contribution in [1.29, 1.82) is 0 Å². The fourth-order valence-corrected chi connectivity index (χ4v) is 2.93. The second kappa shape index (κ2) is 6.98. The molecule has 1 atom stereocenters. The summed E-state index contributed by atoms with van der Waals surface area (Å²) in [5.41, 5.74) is -0.0534. The first-order chi connectivity index (χ1) is 11.5. The second-order valence-corrected chi connectivity index (χ2v) is 6.55. The number of anilines is 2. The normalized spacial score (nSPS) is 18.0. The molecule has 7 heteroatoms. The highest BCUT2D eigenvalue weighted by molar-refractivity contribution is 5.40. The Morgan fingerprint density at radius 3 is 2.92 bits per heavy atom. The van der Waals surface area contributed by atoms with E-state index in [-0.39, 0.29) is 11.6 Å². The van der Waals surface area contributed by atoms with E-state index in [1.54, 1.807) is 30.2 Å². The topological polar surface area (TPSA) is 75.9 Å². The summed E-state index contributed by atoms with van der Waals surface area (Å²) in [7, 11) is 1.75. The number of aryl methyl sites for hydroxylation is 1. The number of piperidine rings is 1. The Balaban J connectivity index is 1.73. The number of aromatic nitrogens is 4. The number of hydrogen-bond donors (Lipinski definition) is 1. The maximum absolute atomic E-state index is 12.3. The summed E-state index contributed by atoms with van der Waals surface area (Å²) in [6, 6.07) is 2.13. The summed E-state index contributed by atoms with van der Waals surface area (Å²) in [6.45, 7) is 5.76. The maximum atomic E-state index is 12.3. The molecule has 1 saturated heterocycles. The van der Waals surface area contributed by atoms with Crippen LogP contribution in [0.15, 0.2) is 29.5 Å². The third-order valence-electron chi connectivity index (χ3n) is 4.26. The first-order valence-electron chi connectivity index (χ1n) is 8.40. The summed E-state index contributed by atoms with van der Waals surface area (Å²) in [5.74, 6) is 2.50. The third kappa shape index (κ3) is 3.55. The van der Waals surface area contributed by atoms with Crippen LogP contribution in [0.4, 0.5) is 11.6 Å². The lowest BCUT2D eigenvalue weighted by atomic mass is 10.1. The molecule has 0 amide bonds. The van der Waals surface area contributed by atoms with Crippen molar-refractivity contribution in [2.24, 2.45) is 7.05 Å². The summed E-state index contributed by atoms with van der Waals surface area (Å²) < 4.78 is 1.57. The Morgan fingerprint density at radius 1 is 1.29 bits per heavy atom. The summed E-state index contributed by atoms with van der Waals surface area (Å²) in [4.78, 5) is 27.5. The van der Waals surface area contributed by atoms with E-state index in [1.807, 2.05) is 6.07 Å². The molecule has 3 heterocycles. The average molecular weight is 328 g/mol. The van der Waals surface area contributed by atoms with E-state index >= 15 is 0 Å². The van der Waals surface area contributed by atoms with Gasteiger partial charge >= 0.3 is 0 Å². The largest absolute Gasteiger partial charge is 0.365 e. The molecule has 0 aliphatic carbocycles. The van der Waals surface area contributed by atoms with E-state index in [9.17, 15) is 4.79 Å².